The van der Waals surface area contributed by atoms with E-state index in [1.165, 1.54) is 19.4 Å². The zero-order chi connectivity index (χ0) is 12.0. The van der Waals surface area contributed by atoms with Crippen LogP contribution >= 0.6 is 0 Å². The van der Waals surface area contributed by atoms with Crippen molar-refractivity contribution < 1.29 is 14.7 Å². The molecule has 0 aliphatic heterocycles. The molecule has 16 heavy (non-hydrogen) atoms. The Kier molecular flexibility index (Phi) is 4.09. The standard InChI is InChI=1S/C10H11N3O3/c1-2-3-9(14)13-8(10(15)16)4-7-5-11-6-12-7/h5-6,8H,4H2,1H3,(H,11,12)(H,13,14)(H,15,16)/t8-/m0/s1. The maximum Gasteiger partial charge on any atom is 0.326 e. The van der Waals surface area contributed by atoms with Crippen molar-refractivity contribution in [2.45, 2.75) is 19.4 Å². The molecular formula is C10H11N3O3. The van der Waals surface area contributed by atoms with Crippen molar-refractivity contribution in [3.05, 3.63) is 18.2 Å². The number of carbonyl (C=O) groups is 2. The van der Waals surface area contributed by atoms with Crippen LogP contribution in [-0.2, 0) is 16.0 Å². The van der Waals surface area contributed by atoms with Crippen LogP contribution in [-0.4, -0.2) is 33.0 Å². The summed E-state index contributed by atoms with van der Waals surface area (Å²) in [5.41, 5.74) is 0.636. The van der Waals surface area contributed by atoms with Gasteiger partial charge in [0.2, 0.25) is 0 Å². The zero-order valence-corrected chi connectivity index (χ0v) is 8.65. The van der Waals surface area contributed by atoms with Crippen molar-refractivity contribution in [3.63, 3.8) is 0 Å². The van der Waals surface area contributed by atoms with Crippen LogP contribution in [0.25, 0.3) is 0 Å². The number of carboxylic acid groups (broad SMARTS) is 1. The van der Waals surface area contributed by atoms with Crippen molar-refractivity contribution >= 4 is 11.9 Å². The molecule has 6 heteroatoms. The van der Waals surface area contributed by atoms with E-state index in [4.69, 9.17) is 5.11 Å². The number of H-pyrrole nitrogens is 1. The van der Waals surface area contributed by atoms with Gasteiger partial charge in [0.1, 0.15) is 6.04 Å². The highest BCUT2D eigenvalue weighted by Crippen LogP contribution is 1.98. The van der Waals surface area contributed by atoms with E-state index in [1.54, 1.807) is 0 Å². The molecule has 1 aromatic rings. The third kappa shape index (κ3) is 3.46. The van der Waals surface area contributed by atoms with Crippen molar-refractivity contribution in [2.24, 2.45) is 0 Å². The summed E-state index contributed by atoms with van der Waals surface area (Å²) in [4.78, 5) is 28.5. The van der Waals surface area contributed by atoms with E-state index in [2.05, 4.69) is 27.1 Å². The van der Waals surface area contributed by atoms with Crippen LogP contribution in [0.15, 0.2) is 12.5 Å². The Bertz CT molecular complexity index is 428. The molecule has 0 aliphatic rings. The summed E-state index contributed by atoms with van der Waals surface area (Å²) < 4.78 is 0. The molecule has 0 radical (unpaired) electrons. The lowest BCUT2D eigenvalue weighted by molar-refractivity contribution is -0.141. The Morgan fingerprint density at radius 3 is 2.94 bits per heavy atom. The van der Waals surface area contributed by atoms with Gasteiger partial charge in [-0.3, -0.25) is 4.79 Å². The third-order valence-electron chi connectivity index (χ3n) is 1.82. The molecule has 0 bridgehead atoms. The van der Waals surface area contributed by atoms with Crippen LogP contribution in [0.1, 0.15) is 12.6 Å². The fourth-order valence-corrected chi connectivity index (χ4v) is 1.12. The van der Waals surface area contributed by atoms with E-state index < -0.39 is 17.9 Å². The number of amides is 1. The number of hydrogen-bond acceptors (Lipinski definition) is 3. The monoisotopic (exact) mass is 221 g/mol. The molecule has 1 heterocycles. The third-order valence-corrected chi connectivity index (χ3v) is 1.82. The molecule has 1 aromatic heterocycles. The summed E-state index contributed by atoms with van der Waals surface area (Å²) in [6.45, 7) is 1.50. The molecule has 1 rings (SSSR count). The summed E-state index contributed by atoms with van der Waals surface area (Å²) in [5, 5.41) is 11.2. The van der Waals surface area contributed by atoms with E-state index in [9.17, 15) is 9.59 Å². The molecule has 1 atom stereocenters. The molecule has 3 N–H and O–H groups in total. The molecule has 0 aromatic carbocycles. The Balaban J connectivity index is 2.64. The van der Waals surface area contributed by atoms with Gasteiger partial charge < -0.3 is 15.4 Å². The lowest BCUT2D eigenvalue weighted by Crippen LogP contribution is -2.41. The maximum absolute atomic E-state index is 11.1. The summed E-state index contributed by atoms with van der Waals surface area (Å²) in [6, 6.07) is -1.01. The first-order chi connectivity index (χ1) is 7.63. The summed E-state index contributed by atoms with van der Waals surface area (Å²) >= 11 is 0. The number of rotatable bonds is 4. The van der Waals surface area contributed by atoms with Gasteiger partial charge in [0, 0.05) is 18.3 Å². The molecule has 6 nitrogen and oxygen atoms in total. The Morgan fingerprint density at radius 2 is 2.44 bits per heavy atom. The van der Waals surface area contributed by atoms with Crippen molar-refractivity contribution in [3.8, 4) is 11.8 Å². The number of nitrogens with one attached hydrogen (secondary N) is 2. The van der Waals surface area contributed by atoms with Gasteiger partial charge in [0.25, 0.3) is 5.91 Å². The Hall–Kier alpha value is -2.29. The predicted molar refractivity (Wildman–Crippen MR) is 55.3 cm³/mol. The van der Waals surface area contributed by atoms with Gasteiger partial charge in [-0.2, -0.15) is 0 Å². The lowest BCUT2D eigenvalue weighted by atomic mass is 10.1. The average molecular weight is 221 g/mol. The maximum atomic E-state index is 11.1. The summed E-state index contributed by atoms with van der Waals surface area (Å²) in [7, 11) is 0. The first kappa shape index (κ1) is 11.8. The van der Waals surface area contributed by atoms with Crippen LogP contribution in [0.2, 0.25) is 0 Å². The number of hydrogen-bond donors (Lipinski definition) is 3. The van der Waals surface area contributed by atoms with Gasteiger partial charge >= 0.3 is 5.97 Å². The largest absolute Gasteiger partial charge is 0.480 e. The van der Waals surface area contributed by atoms with Crippen LogP contribution in [0.5, 0.6) is 0 Å². The molecule has 1 amide bonds. The predicted octanol–water partition coefficient (Wildman–Crippen LogP) is -0.455. The molecule has 0 saturated carbocycles. The van der Waals surface area contributed by atoms with E-state index in [1.807, 2.05) is 0 Å². The summed E-state index contributed by atoms with van der Waals surface area (Å²) in [5.74, 6) is 2.90. The normalized spacial score (nSPS) is 11.1. The highest BCUT2D eigenvalue weighted by Gasteiger charge is 2.20. The quantitative estimate of drug-likeness (QED) is 0.600. The molecule has 0 unspecified atom stereocenters. The minimum absolute atomic E-state index is 0.145. The second-order valence-electron chi connectivity index (χ2n) is 3.02. The number of carboxylic acids is 1. The first-order valence-electron chi connectivity index (χ1n) is 4.56. The number of nitrogens with zero attached hydrogens (tertiary/aromatic N) is 1. The lowest BCUT2D eigenvalue weighted by Gasteiger charge is -2.10. The number of aliphatic carboxylic acids is 1. The Labute approximate surface area is 92.1 Å². The molecule has 0 aliphatic carbocycles. The second kappa shape index (κ2) is 5.56. The highest BCUT2D eigenvalue weighted by molar-refractivity contribution is 5.95. The van der Waals surface area contributed by atoms with E-state index in [-0.39, 0.29) is 6.42 Å². The van der Waals surface area contributed by atoms with Crippen LogP contribution in [0, 0.1) is 11.8 Å². The average Bonchev–Trinajstić information content (AvgIpc) is 2.69. The zero-order valence-electron chi connectivity index (χ0n) is 8.65. The fourth-order valence-electron chi connectivity index (χ4n) is 1.12. The first-order valence-corrected chi connectivity index (χ1v) is 4.56. The van der Waals surface area contributed by atoms with Gasteiger partial charge in [0.15, 0.2) is 0 Å². The van der Waals surface area contributed by atoms with E-state index in [0.29, 0.717) is 5.69 Å². The van der Waals surface area contributed by atoms with Crippen molar-refractivity contribution in [2.75, 3.05) is 0 Å². The van der Waals surface area contributed by atoms with Gasteiger partial charge in [0.05, 0.1) is 6.33 Å². The molecule has 0 spiro atoms. The number of aromatic amines is 1. The van der Waals surface area contributed by atoms with Crippen molar-refractivity contribution in [1.29, 1.82) is 0 Å². The fraction of sp³-hybridized carbons (Fsp3) is 0.300. The van der Waals surface area contributed by atoms with E-state index >= 15 is 0 Å². The second-order valence-corrected chi connectivity index (χ2v) is 3.02. The minimum atomic E-state index is -1.11. The van der Waals surface area contributed by atoms with Gasteiger partial charge in [-0.25, -0.2) is 9.78 Å². The van der Waals surface area contributed by atoms with Crippen LogP contribution in [0.4, 0.5) is 0 Å². The van der Waals surface area contributed by atoms with Gasteiger partial charge in [-0.15, -0.1) is 0 Å². The highest BCUT2D eigenvalue weighted by atomic mass is 16.4. The van der Waals surface area contributed by atoms with E-state index in [0.717, 1.165) is 0 Å². The van der Waals surface area contributed by atoms with Gasteiger partial charge in [-0.1, -0.05) is 5.92 Å². The van der Waals surface area contributed by atoms with Crippen LogP contribution in [0.3, 0.4) is 0 Å². The molecule has 0 fully saturated rings. The molecule has 0 saturated heterocycles. The molecule has 84 valence electrons. The minimum Gasteiger partial charge on any atom is -0.480 e. The summed E-state index contributed by atoms with van der Waals surface area (Å²) in [6.07, 6.45) is 3.10. The topological polar surface area (TPSA) is 95.1 Å². The smallest absolute Gasteiger partial charge is 0.326 e. The van der Waals surface area contributed by atoms with Crippen LogP contribution < -0.4 is 5.32 Å². The SMILES string of the molecule is CC#CC(=O)N[C@@H](Cc1cnc[nH]1)C(=O)O. The van der Waals surface area contributed by atoms with Gasteiger partial charge in [-0.05, 0) is 12.8 Å². The number of carbonyl (C=O) groups excluding carboxylic acids is 1. The number of aromatic nitrogens is 2. The van der Waals surface area contributed by atoms with Crippen molar-refractivity contribution in [1.82, 2.24) is 15.3 Å². The molecular weight excluding hydrogens is 210 g/mol. The Morgan fingerprint density at radius 1 is 1.69 bits per heavy atom. The number of imidazole rings is 1.